The Labute approximate surface area is 156 Å². The first-order valence-corrected chi connectivity index (χ1v) is 8.39. The zero-order valence-corrected chi connectivity index (χ0v) is 15.5. The Kier molecular flexibility index (Phi) is 6.67. The van der Waals surface area contributed by atoms with Crippen LogP contribution in [0.3, 0.4) is 0 Å². The van der Waals surface area contributed by atoms with Crippen LogP contribution in [0.5, 0.6) is 11.5 Å². The quantitative estimate of drug-likeness (QED) is 0.522. The topological polar surface area (TPSA) is 118 Å². The van der Waals surface area contributed by atoms with Crippen LogP contribution in [-0.4, -0.2) is 55.1 Å². The average Bonchev–Trinajstić information content (AvgIpc) is 2.97. The van der Waals surface area contributed by atoms with Crippen molar-refractivity contribution >= 4 is 25.6 Å². The van der Waals surface area contributed by atoms with Crippen molar-refractivity contribution in [3.8, 4) is 11.5 Å². The number of carbonyl (C=O) groups excluding carboxylic acids is 2. The van der Waals surface area contributed by atoms with Gasteiger partial charge in [-0.3, -0.25) is 4.79 Å². The lowest BCUT2D eigenvalue weighted by atomic mass is 10.1. The fourth-order valence-electron chi connectivity index (χ4n) is 2.36. The average molecular weight is 380 g/mol. The van der Waals surface area contributed by atoms with E-state index in [-0.39, 0.29) is 29.3 Å². The third-order valence-corrected chi connectivity index (χ3v) is 3.35. The van der Waals surface area contributed by atoms with Crippen LogP contribution in [0.2, 0.25) is 0 Å². The molecule has 9 nitrogen and oxygen atoms in total. The summed E-state index contributed by atoms with van der Waals surface area (Å²) in [6.45, 7) is 7.09. The number of esters is 1. The molecule has 0 spiro atoms. The minimum absolute atomic E-state index is 0.0717. The van der Waals surface area contributed by atoms with Gasteiger partial charge in [0.25, 0.3) is 0 Å². The van der Waals surface area contributed by atoms with Gasteiger partial charge in [0.1, 0.15) is 17.1 Å². The van der Waals surface area contributed by atoms with Gasteiger partial charge in [-0.05, 0) is 39.8 Å². The fourth-order valence-corrected chi connectivity index (χ4v) is 2.36. The molecule has 0 aliphatic carbocycles. The maximum absolute atomic E-state index is 12.8. The summed E-state index contributed by atoms with van der Waals surface area (Å²) in [6.07, 6.45) is -3.92. The van der Waals surface area contributed by atoms with E-state index in [9.17, 15) is 19.5 Å². The molecule has 0 bridgehead atoms. The van der Waals surface area contributed by atoms with Crippen molar-refractivity contribution in [2.24, 2.45) is 0 Å². The minimum Gasteiger partial charge on any atom is -0.510 e. The predicted molar refractivity (Wildman–Crippen MR) is 92.9 cm³/mol. The highest BCUT2D eigenvalue weighted by Crippen LogP contribution is 2.31. The van der Waals surface area contributed by atoms with E-state index in [4.69, 9.17) is 18.9 Å². The van der Waals surface area contributed by atoms with Gasteiger partial charge >= 0.3 is 25.6 Å². The largest absolute Gasteiger partial charge is 0.510 e. The number of benzene rings is 1. The second-order valence-electron chi connectivity index (χ2n) is 6.30. The molecule has 27 heavy (non-hydrogen) atoms. The minimum atomic E-state index is -1.87. The highest BCUT2D eigenvalue weighted by atomic mass is 16.7. The maximum atomic E-state index is 12.8. The first-order valence-electron chi connectivity index (χ1n) is 8.39. The van der Waals surface area contributed by atoms with Crippen molar-refractivity contribution in [1.82, 2.24) is 0 Å². The normalized spacial score (nSPS) is 17.3. The predicted octanol–water partition coefficient (Wildman–Crippen LogP) is 1.08. The SMILES string of the molecule is CC(C)Oc1cccc(OC(C)C)c1C(=O)O[C@@H](C(=O)O)[C@H]1OBOC1=O. The molecule has 0 radical (unpaired) electrons. The molecule has 0 amide bonds. The van der Waals surface area contributed by atoms with Gasteiger partial charge in [0, 0.05) is 0 Å². The van der Waals surface area contributed by atoms with Crippen molar-refractivity contribution in [3.63, 3.8) is 0 Å². The lowest BCUT2D eigenvalue weighted by Gasteiger charge is -2.21. The van der Waals surface area contributed by atoms with Gasteiger partial charge < -0.3 is 28.6 Å². The Balaban J connectivity index is 2.36. The lowest BCUT2D eigenvalue weighted by molar-refractivity contribution is -0.158. The number of hydrogen-bond donors (Lipinski definition) is 1. The summed E-state index contributed by atoms with van der Waals surface area (Å²) >= 11 is 0. The number of aliphatic carboxylic acids is 1. The van der Waals surface area contributed by atoms with Crippen LogP contribution in [-0.2, 0) is 23.6 Å². The molecule has 2 rings (SSSR count). The van der Waals surface area contributed by atoms with Gasteiger partial charge in [-0.2, -0.15) is 0 Å². The van der Waals surface area contributed by atoms with Gasteiger partial charge in [0.15, 0.2) is 6.10 Å². The highest BCUT2D eigenvalue weighted by Gasteiger charge is 2.43. The monoisotopic (exact) mass is 380 g/mol. The van der Waals surface area contributed by atoms with Crippen LogP contribution >= 0.6 is 0 Å². The smallest absolute Gasteiger partial charge is 0.509 e. The van der Waals surface area contributed by atoms with E-state index in [2.05, 4.69) is 4.65 Å². The number of hydrogen-bond acceptors (Lipinski definition) is 8. The third kappa shape index (κ3) is 5.13. The second kappa shape index (κ2) is 8.76. The fraction of sp³-hybridized carbons (Fsp3) is 0.471. The molecule has 146 valence electrons. The van der Waals surface area contributed by atoms with Crippen molar-refractivity contribution in [1.29, 1.82) is 0 Å². The molecule has 1 aromatic rings. The van der Waals surface area contributed by atoms with Gasteiger partial charge in [-0.25, -0.2) is 9.59 Å². The zero-order chi connectivity index (χ0) is 20.1. The summed E-state index contributed by atoms with van der Waals surface area (Å²) in [4.78, 5) is 35.9. The Morgan fingerprint density at radius 3 is 2.07 bits per heavy atom. The van der Waals surface area contributed by atoms with E-state index in [0.29, 0.717) is 0 Å². The van der Waals surface area contributed by atoms with E-state index in [1.807, 2.05) is 0 Å². The first-order chi connectivity index (χ1) is 12.7. The van der Waals surface area contributed by atoms with Crippen LogP contribution in [0.15, 0.2) is 18.2 Å². The maximum Gasteiger partial charge on any atom is 0.509 e. The molecule has 1 aromatic carbocycles. The van der Waals surface area contributed by atoms with Crippen LogP contribution in [0.1, 0.15) is 38.1 Å². The number of rotatable bonds is 8. The first kappa shape index (κ1) is 20.6. The van der Waals surface area contributed by atoms with Gasteiger partial charge in [-0.1, -0.05) is 6.07 Å². The molecule has 2 atom stereocenters. The molecule has 0 saturated carbocycles. The number of carboxylic acid groups (broad SMARTS) is 1. The second-order valence-corrected chi connectivity index (χ2v) is 6.30. The summed E-state index contributed by atoms with van der Waals surface area (Å²) < 4.78 is 25.8. The Bertz CT molecular complexity index is 688. The Morgan fingerprint density at radius 2 is 1.67 bits per heavy atom. The third-order valence-electron chi connectivity index (χ3n) is 3.35. The van der Waals surface area contributed by atoms with Crippen LogP contribution in [0.4, 0.5) is 0 Å². The number of carbonyl (C=O) groups is 3. The highest BCUT2D eigenvalue weighted by molar-refractivity contribution is 6.26. The Hall–Kier alpha value is -2.75. The molecule has 0 aromatic heterocycles. The molecule has 1 heterocycles. The van der Waals surface area contributed by atoms with Crippen molar-refractivity contribution in [3.05, 3.63) is 23.8 Å². The van der Waals surface area contributed by atoms with E-state index in [1.54, 1.807) is 45.9 Å². The lowest BCUT2D eigenvalue weighted by Crippen LogP contribution is -2.42. The Morgan fingerprint density at radius 1 is 1.11 bits per heavy atom. The van der Waals surface area contributed by atoms with Crippen LogP contribution < -0.4 is 9.47 Å². The van der Waals surface area contributed by atoms with Crippen LogP contribution in [0.25, 0.3) is 0 Å². The molecule has 1 N–H and O–H groups in total. The van der Waals surface area contributed by atoms with Gasteiger partial charge in [0.05, 0.1) is 12.2 Å². The van der Waals surface area contributed by atoms with Gasteiger partial charge in [0.2, 0.25) is 6.10 Å². The number of carboxylic acids is 1. The molecular weight excluding hydrogens is 359 g/mol. The van der Waals surface area contributed by atoms with Crippen molar-refractivity contribution in [2.45, 2.75) is 52.1 Å². The van der Waals surface area contributed by atoms with E-state index in [0.717, 1.165) is 0 Å². The van der Waals surface area contributed by atoms with Crippen molar-refractivity contribution < 1.29 is 43.0 Å². The van der Waals surface area contributed by atoms with E-state index >= 15 is 0 Å². The molecule has 0 unspecified atom stereocenters. The molecule has 1 fully saturated rings. The summed E-state index contributed by atoms with van der Waals surface area (Å²) in [5, 5.41) is 9.35. The van der Waals surface area contributed by atoms with E-state index < -0.39 is 37.8 Å². The number of ether oxygens (including phenoxy) is 3. The zero-order valence-electron chi connectivity index (χ0n) is 15.5. The summed E-state index contributed by atoms with van der Waals surface area (Å²) in [6, 6.07) is 4.72. The standard InChI is InChI=1S/C17H21BO9/c1-8(2)23-10-6-5-7-11(24-9(3)4)12(10)16(21)25-13(15(19)20)14-17(22)27-18-26-14/h5-9,13-14,18H,1-4H3,(H,19,20)/t13-,14-/m1/s1. The van der Waals surface area contributed by atoms with Crippen molar-refractivity contribution in [2.75, 3.05) is 0 Å². The summed E-state index contributed by atoms with van der Waals surface area (Å²) in [7, 11) is -0.403. The van der Waals surface area contributed by atoms with Crippen LogP contribution in [0, 0.1) is 0 Å². The summed E-state index contributed by atoms with van der Waals surface area (Å²) in [5.41, 5.74) is -0.0717. The molecule has 1 saturated heterocycles. The summed E-state index contributed by atoms with van der Waals surface area (Å²) in [5.74, 6) is -3.13. The molecular formula is C17H21BO9. The molecule has 1 aliphatic heterocycles. The molecule has 10 heteroatoms. The van der Waals surface area contributed by atoms with E-state index in [1.165, 1.54) is 0 Å². The molecule has 1 aliphatic rings. The van der Waals surface area contributed by atoms with Gasteiger partial charge in [-0.15, -0.1) is 0 Å².